The zero-order valence-electron chi connectivity index (χ0n) is 24.2. The van der Waals surface area contributed by atoms with Gasteiger partial charge in [0.1, 0.15) is 29.2 Å². The van der Waals surface area contributed by atoms with E-state index in [0.29, 0.717) is 11.3 Å². The van der Waals surface area contributed by atoms with E-state index in [1.54, 1.807) is 96.1 Å². The third kappa shape index (κ3) is 10.3. The maximum Gasteiger partial charge on any atom is 0.429 e. The van der Waals surface area contributed by atoms with Crippen LogP contribution < -0.4 is 10.2 Å². The number of hydrogen-bond acceptors (Lipinski definition) is 8. The maximum absolute atomic E-state index is 13.4. The first-order valence-corrected chi connectivity index (χ1v) is 12.8. The fraction of sp³-hybridized carbons (Fsp3) is 0.433. The van der Waals surface area contributed by atoms with Crippen LogP contribution in [0.25, 0.3) is 0 Å². The van der Waals surface area contributed by atoms with E-state index in [2.05, 4.69) is 12.0 Å². The summed E-state index contributed by atoms with van der Waals surface area (Å²) in [5, 5.41) is 12.4. The lowest BCUT2D eigenvalue weighted by molar-refractivity contribution is -0.0589. The molecule has 0 aliphatic rings. The Labute approximate surface area is 235 Å². The highest BCUT2D eigenvalue weighted by Crippen LogP contribution is 2.22. The van der Waals surface area contributed by atoms with Crippen LogP contribution >= 0.6 is 0 Å². The van der Waals surface area contributed by atoms with E-state index in [4.69, 9.17) is 18.9 Å². The van der Waals surface area contributed by atoms with E-state index >= 15 is 0 Å². The summed E-state index contributed by atoms with van der Waals surface area (Å²) >= 11 is 0. The molecule has 0 saturated carbocycles. The summed E-state index contributed by atoms with van der Waals surface area (Å²) in [6.07, 6.45) is -3.42. The number of hydrogen-bond donors (Lipinski definition) is 2. The van der Waals surface area contributed by atoms with Crippen molar-refractivity contribution >= 4 is 18.2 Å². The molecule has 10 nitrogen and oxygen atoms in total. The maximum atomic E-state index is 13.4. The molecule has 3 atom stereocenters. The van der Waals surface area contributed by atoms with E-state index in [0.717, 1.165) is 5.01 Å². The Morgan fingerprint density at radius 1 is 0.950 bits per heavy atom. The van der Waals surface area contributed by atoms with E-state index in [9.17, 15) is 19.5 Å². The fourth-order valence-corrected chi connectivity index (χ4v) is 3.58. The lowest BCUT2D eigenvalue weighted by Gasteiger charge is -2.37. The minimum Gasteiger partial charge on any atom is -0.497 e. The molecule has 0 aliphatic heterocycles. The first-order chi connectivity index (χ1) is 18.6. The largest absolute Gasteiger partial charge is 0.497 e. The summed E-state index contributed by atoms with van der Waals surface area (Å²) in [6.45, 7) is 13.7. The Balaban J connectivity index is 2.51. The van der Waals surface area contributed by atoms with Crippen LogP contribution in [-0.2, 0) is 20.6 Å². The van der Waals surface area contributed by atoms with Crippen molar-refractivity contribution in [1.29, 1.82) is 0 Å². The molecule has 0 radical (unpaired) electrons. The van der Waals surface area contributed by atoms with Crippen molar-refractivity contribution in [2.24, 2.45) is 0 Å². The molecule has 40 heavy (non-hydrogen) atoms. The fourth-order valence-electron chi connectivity index (χ4n) is 3.58. The van der Waals surface area contributed by atoms with Gasteiger partial charge in [-0.1, -0.05) is 36.9 Å². The first-order valence-electron chi connectivity index (χ1n) is 12.8. The number of esters is 1. The number of nitrogens with zero attached hydrogens (tertiary/aromatic N) is 1. The molecule has 10 heteroatoms. The average molecular weight is 557 g/mol. The lowest BCUT2D eigenvalue weighted by Crippen LogP contribution is -2.60. The number of aliphatic hydroxyl groups excluding tert-OH is 1. The van der Waals surface area contributed by atoms with Crippen molar-refractivity contribution in [3.63, 3.8) is 0 Å². The summed E-state index contributed by atoms with van der Waals surface area (Å²) in [5.41, 5.74) is 1.57. The Hall–Kier alpha value is -4.05. The molecule has 218 valence electrons. The number of hydrazine groups is 1. The van der Waals surface area contributed by atoms with Crippen LogP contribution in [0.2, 0.25) is 0 Å². The Kier molecular flexibility index (Phi) is 11.1. The smallest absolute Gasteiger partial charge is 0.429 e. The second-order valence-corrected chi connectivity index (χ2v) is 11.0. The number of methoxy groups -OCH3 is 1. The quantitative estimate of drug-likeness (QED) is 0.190. The van der Waals surface area contributed by atoms with E-state index in [1.807, 2.05) is 0 Å². The molecule has 0 spiro atoms. The van der Waals surface area contributed by atoms with Crippen LogP contribution in [0.3, 0.4) is 0 Å². The van der Waals surface area contributed by atoms with Crippen molar-refractivity contribution < 1.29 is 38.4 Å². The predicted molar refractivity (Wildman–Crippen MR) is 150 cm³/mol. The number of benzene rings is 2. The SMILES string of the molecule is C=C[C@H](OC(=O)c1ccccc1)[C@H](O)[C@@H](Cc1ccc(OC)cc1)N(NC(=O)OC(C)(C)C)C(=O)OC(C)(C)C. The van der Waals surface area contributed by atoms with Crippen molar-refractivity contribution in [2.45, 2.75) is 77.4 Å². The highest BCUT2D eigenvalue weighted by molar-refractivity contribution is 5.89. The third-order valence-electron chi connectivity index (χ3n) is 5.35. The van der Waals surface area contributed by atoms with Gasteiger partial charge in [0.2, 0.25) is 0 Å². The molecule has 2 aromatic rings. The van der Waals surface area contributed by atoms with Crippen molar-refractivity contribution in [3.8, 4) is 5.75 Å². The highest BCUT2D eigenvalue weighted by atomic mass is 16.6. The van der Waals surface area contributed by atoms with Crippen molar-refractivity contribution in [1.82, 2.24) is 10.4 Å². The highest BCUT2D eigenvalue weighted by Gasteiger charge is 2.39. The lowest BCUT2D eigenvalue weighted by atomic mass is 9.97. The Morgan fingerprint density at radius 2 is 1.52 bits per heavy atom. The monoisotopic (exact) mass is 556 g/mol. The molecule has 0 aliphatic carbocycles. The van der Waals surface area contributed by atoms with Gasteiger partial charge in [-0.05, 0) is 83.9 Å². The number of carbonyl (C=O) groups is 3. The molecule has 0 unspecified atom stereocenters. The van der Waals surface area contributed by atoms with Crippen LogP contribution in [0.1, 0.15) is 57.5 Å². The second kappa shape index (κ2) is 13.8. The number of carbonyl (C=O) groups excluding carboxylic acids is 3. The van der Waals surface area contributed by atoms with Gasteiger partial charge in [-0.25, -0.2) is 24.8 Å². The van der Waals surface area contributed by atoms with Crippen LogP contribution in [0.15, 0.2) is 67.3 Å². The molecule has 0 heterocycles. The summed E-state index contributed by atoms with van der Waals surface area (Å²) in [5.74, 6) is -0.0887. The van der Waals surface area contributed by atoms with Gasteiger partial charge in [0.25, 0.3) is 0 Å². The molecule has 2 N–H and O–H groups in total. The van der Waals surface area contributed by atoms with Gasteiger partial charge < -0.3 is 24.1 Å². The number of amides is 2. The van der Waals surface area contributed by atoms with Gasteiger partial charge in [-0.3, -0.25) is 0 Å². The van der Waals surface area contributed by atoms with Gasteiger partial charge in [-0.2, -0.15) is 0 Å². The van der Waals surface area contributed by atoms with Gasteiger partial charge in [-0.15, -0.1) is 0 Å². The number of nitrogens with one attached hydrogen (secondary N) is 1. The Morgan fingerprint density at radius 3 is 2.02 bits per heavy atom. The molecular formula is C30H40N2O8. The summed E-state index contributed by atoms with van der Waals surface area (Å²) < 4.78 is 21.7. The van der Waals surface area contributed by atoms with Gasteiger partial charge in [0.15, 0.2) is 0 Å². The molecule has 0 saturated heterocycles. The topological polar surface area (TPSA) is 124 Å². The molecule has 2 rings (SSSR count). The van der Waals surface area contributed by atoms with E-state index < -0.39 is 47.6 Å². The van der Waals surface area contributed by atoms with E-state index in [-0.39, 0.29) is 12.0 Å². The number of aliphatic hydroxyl groups is 1. The van der Waals surface area contributed by atoms with Crippen molar-refractivity contribution in [3.05, 3.63) is 78.4 Å². The summed E-state index contributed by atoms with van der Waals surface area (Å²) in [4.78, 5) is 39.0. The predicted octanol–water partition coefficient (Wildman–Crippen LogP) is 5.06. The summed E-state index contributed by atoms with van der Waals surface area (Å²) in [7, 11) is 1.53. The zero-order chi connectivity index (χ0) is 30.1. The van der Waals surface area contributed by atoms with Crippen LogP contribution in [0.5, 0.6) is 5.75 Å². The van der Waals surface area contributed by atoms with Gasteiger partial charge >= 0.3 is 18.2 Å². The number of ether oxygens (including phenoxy) is 4. The number of rotatable bonds is 9. The van der Waals surface area contributed by atoms with Gasteiger partial charge in [0.05, 0.1) is 18.7 Å². The molecule has 0 bridgehead atoms. The van der Waals surface area contributed by atoms with Crippen LogP contribution in [0, 0.1) is 0 Å². The minimum absolute atomic E-state index is 0.0213. The first kappa shape index (κ1) is 32.2. The molecular weight excluding hydrogens is 516 g/mol. The standard InChI is InChI=1S/C30H40N2O8/c1-9-24(38-26(34)21-13-11-10-12-14-21)25(33)23(19-20-15-17-22(37-8)18-16-20)32(28(36)40-30(5,6)7)31-27(35)39-29(2,3)4/h9-18,23-25,33H,1,19H2,2-8H3,(H,31,35)/t23-,24+,25-/m1/s1. The van der Waals surface area contributed by atoms with Crippen molar-refractivity contribution in [2.75, 3.05) is 7.11 Å². The van der Waals surface area contributed by atoms with Crippen LogP contribution in [0.4, 0.5) is 9.59 Å². The normalized spacial score (nSPS) is 13.7. The Bertz CT molecular complexity index is 1140. The molecule has 0 fully saturated rings. The van der Waals surface area contributed by atoms with Gasteiger partial charge in [0, 0.05) is 0 Å². The molecule has 0 aromatic heterocycles. The zero-order valence-corrected chi connectivity index (χ0v) is 24.2. The van der Waals surface area contributed by atoms with E-state index in [1.165, 1.54) is 13.2 Å². The second-order valence-electron chi connectivity index (χ2n) is 11.0. The summed E-state index contributed by atoms with van der Waals surface area (Å²) in [6, 6.07) is 14.0. The molecule has 2 aromatic carbocycles. The van der Waals surface area contributed by atoms with Crippen LogP contribution in [-0.4, -0.2) is 64.8 Å². The average Bonchev–Trinajstić information content (AvgIpc) is 2.87. The third-order valence-corrected chi connectivity index (χ3v) is 5.35. The minimum atomic E-state index is -1.55. The molecule has 2 amide bonds.